The van der Waals surface area contributed by atoms with Crippen molar-refractivity contribution in [2.75, 3.05) is 36.8 Å². The Morgan fingerprint density at radius 1 is 1.03 bits per heavy atom. The van der Waals surface area contributed by atoms with Gasteiger partial charge < -0.3 is 9.47 Å². The van der Waals surface area contributed by atoms with Gasteiger partial charge in [0.1, 0.15) is 12.4 Å². The standard InChI is InChI=1S/C21H23Cl3N2O6S/c1-14(27)26(16-10-19(23)21(20(24)11-16)31-9-3-8-22)15-4-6-18(7-5-15)32-13-17(28)12-25-33(2,29)30/h4-7,10-11,25H,3,8-9,12-13H2,1-2H3. The molecule has 0 heterocycles. The van der Waals surface area contributed by atoms with Crippen LogP contribution >= 0.6 is 34.8 Å². The van der Waals surface area contributed by atoms with Crippen molar-refractivity contribution in [3.8, 4) is 11.5 Å². The molecule has 0 radical (unpaired) electrons. The van der Waals surface area contributed by atoms with Crippen molar-refractivity contribution in [3.63, 3.8) is 0 Å². The third-order valence-corrected chi connectivity index (χ3v) is 5.60. The lowest BCUT2D eigenvalue weighted by Crippen LogP contribution is -2.31. The van der Waals surface area contributed by atoms with Crippen LogP contribution in [0.4, 0.5) is 11.4 Å². The van der Waals surface area contributed by atoms with E-state index < -0.39 is 15.8 Å². The highest BCUT2D eigenvalue weighted by Gasteiger charge is 2.19. The first-order valence-corrected chi connectivity index (χ1v) is 12.9. The number of alkyl halides is 1. The van der Waals surface area contributed by atoms with Crippen molar-refractivity contribution in [1.29, 1.82) is 0 Å². The van der Waals surface area contributed by atoms with E-state index in [4.69, 9.17) is 44.3 Å². The van der Waals surface area contributed by atoms with E-state index in [1.165, 1.54) is 11.8 Å². The topological polar surface area (TPSA) is 102 Å². The van der Waals surface area contributed by atoms with Crippen molar-refractivity contribution in [1.82, 2.24) is 4.72 Å². The first kappa shape index (κ1) is 27.2. The van der Waals surface area contributed by atoms with Crippen LogP contribution in [0.3, 0.4) is 0 Å². The number of sulfonamides is 1. The van der Waals surface area contributed by atoms with E-state index in [0.29, 0.717) is 41.8 Å². The molecule has 180 valence electrons. The highest BCUT2D eigenvalue weighted by molar-refractivity contribution is 7.88. The zero-order valence-electron chi connectivity index (χ0n) is 17.9. The second kappa shape index (κ2) is 12.4. The summed E-state index contributed by atoms with van der Waals surface area (Å²) in [6.45, 7) is 1.08. The van der Waals surface area contributed by atoms with Crippen LogP contribution in [0.1, 0.15) is 13.3 Å². The van der Waals surface area contributed by atoms with Gasteiger partial charge in [0.2, 0.25) is 15.9 Å². The Kier molecular flexibility index (Phi) is 10.2. The molecule has 2 rings (SSSR count). The van der Waals surface area contributed by atoms with Crippen LogP contribution in [0, 0.1) is 0 Å². The van der Waals surface area contributed by atoms with Gasteiger partial charge in [-0.2, -0.15) is 0 Å². The Balaban J connectivity index is 2.13. The van der Waals surface area contributed by atoms with E-state index in [2.05, 4.69) is 4.72 Å². The number of ketones is 1. The van der Waals surface area contributed by atoms with Crippen LogP contribution in [-0.4, -0.2) is 52.0 Å². The Morgan fingerprint density at radius 3 is 2.15 bits per heavy atom. The molecule has 0 saturated heterocycles. The second-order valence-corrected chi connectivity index (χ2v) is 9.92. The van der Waals surface area contributed by atoms with Crippen molar-refractivity contribution < 1.29 is 27.5 Å². The van der Waals surface area contributed by atoms with Crippen molar-refractivity contribution in [3.05, 3.63) is 46.4 Å². The predicted molar refractivity (Wildman–Crippen MR) is 130 cm³/mol. The third kappa shape index (κ3) is 8.68. The Labute approximate surface area is 207 Å². The summed E-state index contributed by atoms with van der Waals surface area (Å²) in [5, 5.41) is 0.499. The first-order valence-electron chi connectivity index (χ1n) is 9.69. The number of hydrogen-bond acceptors (Lipinski definition) is 6. The summed E-state index contributed by atoms with van der Waals surface area (Å²) in [7, 11) is -3.46. The van der Waals surface area contributed by atoms with Gasteiger partial charge in [-0.1, -0.05) is 23.2 Å². The van der Waals surface area contributed by atoms with E-state index in [9.17, 15) is 18.0 Å². The van der Waals surface area contributed by atoms with Gasteiger partial charge in [-0.15, -0.1) is 11.6 Å². The minimum Gasteiger partial charge on any atom is -0.490 e. The number of benzene rings is 2. The number of ether oxygens (including phenoxy) is 2. The molecule has 8 nitrogen and oxygen atoms in total. The second-order valence-electron chi connectivity index (χ2n) is 6.90. The summed E-state index contributed by atoms with van der Waals surface area (Å²) in [4.78, 5) is 25.5. The third-order valence-electron chi connectivity index (χ3n) is 4.11. The smallest absolute Gasteiger partial charge is 0.228 e. The molecule has 1 N–H and O–H groups in total. The number of hydrogen-bond donors (Lipinski definition) is 1. The molecule has 0 bridgehead atoms. The number of rotatable bonds is 12. The number of carbonyl (C=O) groups is 2. The van der Waals surface area contributed by atoms with Crippen LogP contribution in [0.2, 0.25) is 10.0 Å². The molecule has 0 aliphatic carbocycles. The summed E-state index contributed by atoms with van der Waals surface area (Å²) < 4.78 is 35.1. The molecule has 0 spiro atoms. The number of Topliss-reactive ketones (excluding diaryl/α,β-unsaturated/α-hetero) is 1. The minimum atomic E-state index is -3.46. The molecule has 0 unspecified atom stereocenters. The number of amides is 1. The van der Waals surface area contributed by atoms with Gasteiger partial charge in [-0.25, -0.2) is 13.1 Å². The molecule has 0 aliphatic heterocycles. The van der Waals surface area contributed by atoms with Crippen molar-refractivity contribution >= 4 is 67.9 Å². The normalized spacial score (nSPS) is 11.2. The zero-order valence-corrected chi connectivity index (χ0v) is 21.0. The SMILES string of the molecule is CC(=O)N(c1ccc(OCC(=O)CNS(C)(=O)=O)cc1)c1cc(Cl)c(OCCCCl)c(Cl)c1. The average molecular weight is 538 g/mol. The lowest BCUT2D eigenvalue weighted by molar-refractivity contribution is -0.120. The minimum absolute atomic E-state index is 0.250. The molecule has 2 aromatic carbocycles. The van der Waals surface area contributed by atoms with E-state index >= 15 is 0 Å². The van der Waals surface area contributed by atoms with E-state index in [0.717, 1.165) is 6.26 Å². The monoisotopic (exact) mass is 536 g/mol. The summed E-state index contributed by atoms with van der Waals surface area (Å²) in [6, 6.07) is 9.56. The lowest BCUT2D eigenvalue weighted by atomic mass is 10.2. The maximum atomic E-state index is 12.4. The average Bonchev–Trinajstić information content (AvgIpc) is 2.73. The highest BCUT2D eigenvalue weighted by Crippen LogP contribution is 2.39. The van der Waals surface area contributed by atoms with Gasteiger partial charge in [0.05, 0.1) is 35.1 Å². The van der Waals surface area contributed by atoms with Gasteiger partial charge in [0.15, 0.2) is 11.5 Å². The van der Waals surface area contributed by atoms with E-state index in [-0.39, 0.29) is 29.1 Å². The predicted octanol–water partition coefficient (Wildman–Crippen LogP) is 4.18. The fourth-order valence-corrected chi connectivity index (χ4v) is 3.79. The fourth-order valence-electron chi connectivity index (χ4n) is 2.67. The van der Waals surface area contributed by atoms with Gasteiger partial charge >= 0.3 is 0 Å². The first-order chi connectivity index (χ1) is 15.5. The van der Waals surface area contributed by atoms with Crippen LogP contribution in [0.15, 0.2) is 36.4 Å². The molecule has 2 aromatic rings. The van der Waals surface area contributed by atoms with Gasteiger partial charge in [-0.05, 0) is 42.8 Å². The molecule has 0 aromatic heterocycles. The summed E-state index contributed by atoms with van der Waals surface area (Å²) in [5.74, 6) is 0.404. The van der Waals surface area contributed by atoms with Crippen LogP contribution < -0.4 is 19.1 Å². The van der Waals surface area contributed by atoms with Gasteiger partial charge in [0, 0.05) is 18.5 Å². The maximum absolute atomic E-state index is 12.4. The highest BCUT2D eigenvalue weighted by atomic mass is 35.5. The summed E-state index contributed by atoms with van der Waals surface area (Å²) in [5.41, 5.74) is 0.959. The molecular weight excluding hydrogens is 515 g/mol. The summed E-state index contributed by atoms with van der Waals surface area (Å²) >= 11 is 18.3. The number of nitrogens with one attached hydrogen (secondary N) is 1. The molecule has 12 heteroatoms. The fraction of sp³-hybridized carbons (Fsp3) is 0.333. The lowest BCUT2D eigenvalue weighted by Gasteiger charge is -2.23. The largest absolute Gasteiger partial charge is 0.490 e. The zero-order chi connectivity index (χ0) is 24.6. The molecule has 0 fully saturated rings. The molecular formula is C21H23Cl3N2O6S. The molecule has 33 heavy (non-hydrogen) atoms. The van der Waals surface area contributed by atoms with E-state index in [1.807, 2.05) is 0 Å². The van der Waals surface area contributed by atoms with E-state index in [1.54, 1.807) is 36.4 Å². The summed E-state index contributed by atoms with van der Waals surface area (Å²) in [6.07, 6.45) is 1.59. The van der Waals surface area contributed by atoms with Gasteiger partial charge in [-0.3, -0.25) is 14.5 Å². The number of carbonyl (C=O) groups excluding carboxylic acids is 2. The number of nitrogens with zero attached hydrogens (tertiary/aromatic N) is 1. The Bertz CT molecular complexity index is 1070. The van der Waals surface area contributed by atoms with Crippen molar-refractivity contribution in [2.24, 2.45) is 0 Å². The quantitative estimate of drug-likeness (QED) is 0.322. The van der Waals surface area contributed by atoms with Crippen LogP contribution in [0.25, 0.3) is 0 Å². The number of anilines is 2. The Morgan fingerprint density at radius 2 is 1.64 bits per heavy atom. The maximum Gasteiger partial charge on any atom is 0.228 e. The van der Waals surface area contributed by atoms with Gasteiger partial charge in [0.25, 0.3) is 0 Å². The van der Waals surface area contributed by atoms with Crippen LogP contribution in [-0.2, 0) is 19.6 Å². The van der Waals surface area contributed by atoms with Crippen LogP contribution in [0.5, 0.6) is 11.5 Å². The number of halogens is 3. The van der Waals surface area contributed by atoms with Crippen molar-refractivity contribution in [2.45, 2.75) is 13.3 Å². The molecule has 0 aliphatic rings. The molecule has 0 atom stereocenters. The Hall–Kier alpha value is -2.04. The molecule has 0 saturated carbocycles. The molecule has 1 amide bonds.